The summed E-state index contributed by atoms with van der Waals surface area (Å²) in [7, 11) is 0. The molecule has 1 rings (SSSR count). The quantitative estimate of drug-likeness (QED) is 0.672. The summed E-state index contributed by atoms with van der Waals surface area (Å²) in [5.41, 5.74) is 1.02. The molecule has 0 aromatic heterocycles. The molecule has 21 heavy (non-hydrogen) atoms. The van der Waals surface area contributed by atoms with E-state index in [2.05, 4.69) is 0 Å². The second-order valence-electron chi connectivity index (χ2n) is 4.85. The number of amides is 1. The van der Waals surface area contributed by atoms with Crippen molar-refractivity contribution < 1.29 is 19.4 Å². The first-order valence-electron chi connectivity index (χ1n) is 7.24. The van der Waals surface area contributed by atoms with Crippen LogP contribution < -0.4 is 0 Å². The number of carbonyl (C=O) groups is 2. The van der Waals surface area contributed by atoms with Crippen molar-refractivity contribution in [1.82, 2.24) is 4.90 Å². The SMILES string of the molecule is CCCOCC(=O)N(CCCC(=O)O)Cc1ccccc1. The van der Waals surface area contributed by atoms with E-state index in [4.69, 9.17) is 9.84 Å². The van der Waals surface area contributed by atoms with Gasteiger partial charge < -0.3 is 14.7 Å². The van der Waals surface area contributed by atoms with Gasteiger partial charge in [-0.2, -0.15) is 0 Å². The van der Waals surface area contributed by atoms with Gasteiger partial charge >= 0.3 is 5.97 Å². The Kier molecular flexibility index (Phi) is 8.12. The minimum Gasteiger partial charge on any atom is -0.481 e. The molecule has 0 saturated carbocycles. The maximum absolute atomic E-state index is 12.2. The van der Waals surface area contributed by atoms with Gasteiger partial charge in [0.1, 0.15) is 6.61 Å². The van der Waals surface area contributed by atoms with E-state index in [1.807, 2.05) is 37.3 Å². The minimum atomic E-state index is -0.843. The highest BCUT2D eigenvalue weighted by molar-refractivity contribution is 5.77. The highest BCUT2D eigenvalue weighted by Crippen LogP contribution is 2.07. The fraction of sp³-hybridized carbons (Fsp3) is 0.500. The number of carboxylic acid groups (broad SMARTS) is 1. The Balaban J connectivity index is 2.55. The fourth-order valence-electron chi connectivity index (χ4n) is 1.91. The molecule has 0 aliphatic heterocycles. The molecule has 1 aromatic carbocycles. The molecule has 0 heterocycles. The van der Waals surface area contributed by atoms with Gasteiger partial charge in [-0.15, -0.1) is 0 Å². The van der Waals surface area contributed by atoms with Crippen molar-refractivity contribution in [1.29, 1.82) is 0 Å². The van der Waals surface area contributed by atoms with Crippen LogP contribution in [0.15, 0.2) is 30.3 Å². The topological polar surface area (TPSA) is 66.8 Å². The van der Waals surface area contributed by atoms with Crippen LogP contribution in [0.2, 0.25) is 0 Å². The van der Waals surface area contributed by atoms with E-state index in [0.717, 1.165) is 12.0 Å². The number of nitrogens with zero attached hydrogens (tertiary/aromatic N) is 1. The monoisotopic (exact) mass is 293 g/mol. The number of carboxylic acids is 1. The number of ether oxygens (including phenoxy) is 1. The molecule has 1 amide bonds. The number of benzene rings is 1. The lowest BCUT2D eigenvalue weighted by molar-refractivity contribution is -0.139. The fourth-order valence-corrected chi connectivity index (χ4v) is 1.91. The van der Waals surface area contributed by atoms with Crippen LogP contribution in [-0.2, 0) is 20.9 Å². The molecule has 0 aliphatic carbocycles. The molecule has 0 radical (unpaired) electrons. The van der Waals surface area contributed by atoms with E-state index in [1.54, 1.807) is 4.90 Å². The number of hydrogen-bond acceptors (Lipinski definition) is 3. The Morgan fingerprint density at radius 2 is 1.95 bits per heavy atom. The molecule has 1 N–H and O–H groups in total. The summed E-state index contributed by atoms with van der Waals surface area (Å²) in [6, 6.07) is 9.66. The lowest BCUT2D eigenvalue weighted by atomic mass is 10.2. The third-order valence-corrected chi connectivity index (χ3v) is 2.96. The largest absolute Gasteiger partial charge is 0.481 e. The van der Waals surface area contributed by atoms with Crippen LogP contribution in [0, 0.1) is 0 Å². The Morgan fingerprint density at radius 3 is 2.57 bits per heavy atom. The molecule has 0 saturated heterocycles. The molecule has 5 nitrogen and oxygen atoms in total. The molecule has 0 fully saturated rings. The van der Waals surface area contributed by atoms with E-state index >= 15 is 0 Å². The van der Waals surface area contributed by atoms with Gasteiger partial charge in [0.15, 0.2) is 0 Å². The normalized spacial score (nSPS) is 10.3. The van der Waals surface area contributed by atoms with Crippen LogP contribution in [-0.4, -0.2) is 41.6 Å². The van der Waals surface area contributed by atoms with E-state index in [1.165, 1.54) is 0 Å². The van der Waals surface area contributed by atoms with Crippen molar-refractivity contribution in [3.8, 4) is 0 Å². The second-order valence-corrected chi connectivity index (χ2v) is 4.85. The zero-order valence-corrected chi connectivity index (χ0v) is 12.5. The van der Waals surface area contributed by atoms with E-state index in [-0.39, 0.29) is 18.9 Å². The first-order chi connectivity index (χ1) is 10.1. The first kappa shape index (κ1) is 17.2. The molecule has 0 spiro atoms. The Labute approximate surface area is 125 Å². The highest BCUT2D eigenvalue weighted by atomic mass is 16.5. The maximum atomic E-state index is 12.2. The summed E-state index contributed by atoms with van der Waals surface area (Å²) in [5.74, 6) is -0.943. The molecule has 5 heteroatoms. The summed E-state index contributed by atoms with van der Waals surface area (Å²) in [4.78, 5) is 24.4. The lowest BCUT2D eigenvalue weighted by Crippen LogP contribution is -2.34. The highest BCUT2D eigenvalue weighted by Gasteiger charge is 2.14. The molecule has 0 atom stereocenters. The average Bonchev–Trinajstić information content (AvgIpc) is 2.47. The number of hydrogen-bond donors (Lipinski definition) is 1. The molecular weight excluding hydrogens is 270 g/mol. The molecule has 0 unspecified atom stereocenters. The zero-order valence-electron chi connectivity index (χ0n) is 12.5. The maximum Gasteiger partial charge on any atom is 0.303 e. The Morgan fingerprint density at radius 1 is 1.24 bits per heavy atom. The predicted molar refractivity (Wildman–Crippen MR) is 79.8 cm³/mol. The number of aliphatic carboxylic acids is 1. The third kappa shape index (κ3) is 7.46. The summed E-state index contributed by atoms with van der Waals surface area (Å²) >= 11 is 0. The van der Waals surface area contributed by atoms with Gasteiger partial charge in [0.2, 0.25) is 5.91 Å². The van der Waals surface area contributed by atoms with Crippen LogP contribution in [0.3, 0.4) is 0 Å². The zero-order chi connectivity index (χ0) is 15.5. The standard InChI is InChI=1S/C16H23NO4/c1-2-11-21-13-15(18)17(10-6-9-16(19)20)12-14-7-4-3-5-8-14/h3-5,7-8H,2,6,9-13H2,1H3,(H,19,20). The molecular formula is C16H23NO4. The molecule has 116 valence electrons. The summed E-state index contributed by atoms with van der Waals surface area (Å²) in [5, 5.41) is 8.70. The minimum absolute atomic E-state index is 0.0494. The van der Waals surface area contributed by atoms with E-state index in [9.17, 15) is 9.59 Å². The van der Waals surface area contributed by atoms with E-state index < -0.39 is 5.97 Å². The third-order valence-electron chi connectivity index (χ3n) is 2.96. The van der Waals surface area contributed by atoms with E-state index in [0.29, 0.717) is 26.1 Å². The number of rotatable bonds is 10. The van der Waals surface area contributed by atoms with Crippen LogP contribution in [0.4, 0.5) is 0 Å². The molecule has 0 aliphatic rings. The number of carbonyl (C=O) groups excluding carboxylic acids is 1. The van der Waals surface area contributed by atoms with Gasteiger partial charge in [0.25, 0.3) is 0 Å². The smallest absolute Gasteiger partial charge is 0.303 e. The van der Waals surface area contributed by atoms with Gasteiger partial charge in [-0.1, -0.05) is 37.3 Å². The van der Waals surface area contributed by atoms with Gasteiger partial charge in [0, 0.05) is 26.1 Å². The lowest BCUT2D eigenvalue weighted by Gasteiger charge is -2.22. The molecule has 1 aromatic rings. The van der Waals surface area contributed by atoms with Gasteiger partial charge in [-0.05, 0) is 18.4 Å². The summed E-state index contributed by atoms with van der Waals surface area (Å²) in [6.45, 7) is 3.50. The second kappa shape index (κ2) is 9.94. The van der Waals surface area contributed by atoms with Crippen LogP contribution in [0.5, 0.6) is 0 Å². The van der Waals surface area contributed by atoms with Crippen LogP contribution in [0.25, 0.3) is 0 Å². The summed E-state index contributed by atoms with van der Waals surface area (Å²) in [6.07, 6.45) is 1.38. The molecule has 0 bridgehead atoms. The van der Waals surface area contributed by atoms with Crippen LogP contribution in [0.1, 0.15) is 31.7 Å². The van der Waals surface area contributed by atoms with Gasteiger partial charge in [-0.25, -0.2) is 0 Å². The summed E-state index contributed by atoms with van der Waals surface area (Å²) < 4.78 is 5.28. The van der Waals surface area contributed by atoms with Crippen molar-refractivity contribution in [2.24, 2.45) is 0 Å². The Hall–Kier alpha value is -1.88. The first-order valence-corrected chi connectivity index (χ1v) is 7.24. The predicted octanol–water partition coefficient (Wildman–Crippen LogP) is 2.31. The van der Waals surface area contributed by atoms with Crippen molar-refractivity contribution in [3.05, 3.63) is 35.9 Å². The van der Waals surface area contributed by atoms with Crippen molar-refractivity contribution >= 4 is 11.9 Å². The van der Waals surface area contributed by atoms with Crippen molar-refractivity contribution in [2.75, 3.05) is 19.8 Å². The van der Waals surface area contributed by atoms with Crippen molar-refractivity contribution in [2.45, 2.75) is 32.7 Å². The Bertz CT molecular complexity index is 433. The van der Waals surface area contributed by atoms with Crippen LogP contribution >= 0.6 is 0 Å². The van der Waals surface area contributed by atoms with Gasteiger partial charge in [-0.3, -0.25) is 9.59 Å². The average molecular weight is 293 g/mol. The van der Waals surface area contributed by atoms with Crippen molar-refractivity contribution in [3.63, 3.8) is 0 Å². The van der Waals surface area contributed by atoms with Gasteiger partial charge in [0.05, 0.1) is 0 Å².